The molecule has 0 amide bonds. The molecular formula is C16H29N3O2. The molecule has 120 valence electrons. The number of ether oxygens (including phenoxy) is 2. The zero-order valence-electron chi connectivity index (χ0n) is 13.6. The summed E-state index contributed by atoms with van der Waals surface area (Å²) < 4.78 is 13.8. The maximum atomic E-state index is 6.23. The van der Waals surface area contributed by atoms with Gasteiger partial charge in [-0.2, -0.15) is 5.10 Å². The predicted octanol–water partition coefficient (Wildman–Crippen LogP) is 2.53. The van der Waals surface area contributed by atoms with Gasteiger partial charge in [0, 0.05) is 51.0 Å². The van der Waals surface area contributed by atoms with E-state index in [9.17, 15) is 0 Å². The molecule has 2 rings (SSSR count). The van der Waals surface area contributed by atoms with Crippen LogP contribution in [0.25, 0.3) is 0 Å². The molecule has 1 N–H and O–H groups in total. The van der Waals surface area contributed by atoms with Crippen molar-refractivity contribution in [3.8, 4) is 0 Å². The van der Waals surface area contributed by atoms with Crippen molar-refractivity contribution in [2.45, 2.75) is 58.2 Å². The second-order valence-electron chi connectivity index (χ2n) is 5.64. The minimum Gasteiger partial charge on any atom is -0.381 e. The molecule has 1 fully saturated rings. The molecule has 0 saturated carbocycles. The van der Waals surface area contributed by atoms with Gasteiger partial charge >= 0.3 is 0 Å². The monoisotopic (exact) mass is 295 g/mol. The maximum Gasteiger partial charge on any atom is 0.0921 e. The molecule has 1 aliphatic heterocycles. The summed E-state index contributed by atoms with van der Waals surface area (Å²) in [4.78, 5) is 0. The third kappa shape index (κ3) is 3.84. The van der Waals surface area contributed by atoms with Crippen LogP contribution < -0.4 is 5.32 Å². The van der Waals surface area contributed by atoms with E-state index in [-0.39, 0.29) is 11.6 Å². The minimum atomic E-state index is -0.177. The second-order valence-corrected chi connectivity index (χ2v) is 5.64. The number of nitrogens with one attached hydrogen (secondary N) is 1. The smallest absolute Gasteiger partial charge is 0.0921 e. The van der Waals surface area contributed by atoms with Gasteiger partial charge in [-0.25, -0.2) is 0 Å². The van der Waals surface area contributed by atoms with Crippen molar-refractivity contribution in [2.75, 3.05) is 26.4 Å². The lowest BCUT2D eigenvalue weighted by atomic mass is 9.83. The molecule has 1 atom stereocenters. The quantitative estimate of drug-likeness (QED) is 0.800. The van der Waals surface area contributed by atoms with Crippen LogP contribution in [0.15, 0.2) is 12.4 Å². The lowest BCUT2D eigenvalue weighted by Crippen LogP contribution is -2.49. The van der Waals surface area contributed by atoms with Crippen LogP contribution in [0.2, 0.25) is 0 Å². The van der Waals surface area contributed by atoms with Gasteiger partial charge < -0.3 is 14.8 Å². The van der Waals surface area contributed by atoms with E-state index in [1.165, 1.54) is 5.56 Å². The van der Waals surface area contributed by atoms with Crippen LogP contribution in [0.1, 0.15) is 51.6 Å². The Bertz CT molecular complexity index is 408. The Kier molecular flexibility index (Phi) is 6.21. The Labute approximate surface area is 128 Å². The standard InChI is InChI=1S/C16H29N3O2/c1-4-9-19-13-14(12-18-19)15(17-5-2)16(21-6-3)7-10-20-11-8-16/h12-13,15,17H,4-11H2,1-3H3. The highest BCUT2D eigenvalue weighted by molar-refractivity contribution is 5.17. The highest BCUT2D eigenvalue weighted by Gasteiger charge is 2.42. The van der Waals surface area contributed by atoms with E-state index in [4.69, 9.17) is 9.47 Å². The van der Waals surface area contributed by atoms with Crippen molar-refractivity contribution in [1.29, 1.82) is 0 Å². The van der Waals surface area contributed by atoms with Gasteiger partial charge in [-0.05, 0) is 19.9 Å². The van der Waals surface area contributed by atoms with E-state index >= 15 is 0 Å². The van der Waals surface area contributed by atoms with Crippen LogP contribution in [0, 0.1) is 0 Å². The third-order valence-corrected chi connectivity index (χ3v) is 4.14. The van der Waals surface area contributed by atoms with Crippen LogP contribution in [0.5, 0.6) is 0 Å². The van der Waals surface area contributed by atoms with Crippen molar-refractivity contribution < 1.29 is 9.47 Å². The summed E-state index contributed by atoms with van der Waals surface area (Å²) in [5.74, 6) is 0. The van der Waals surface area contributed by atoms with Crippen molar-refractivity contribution in [3.05, 3.63) is 18.0 Å². The van der Waals surface area contributed by atoms with Crippen LogP contribution in [-0.4, -0.2) is 41.7 Å². The summed E-state index contributed by atoms with van der Waals surface area (Å²) in [6, 6.07) is 0.178. The highest BCUT2D eigenvalue weighted by atomic mass is 16.5. The molecule has 2 heterocycles. The fraction of sp³-hybridized carbons (Fsp3) is 0.812. The number of aromatic nitrogens is 2. The Morgan fingerprint density at radius 3 is 2.76 bits per heavy atom. The van der Waals surface area contributed by atoms with Crippen molar-refractivity contribution in [1.82, 2.24) is 15.1 Å². The first kappa shape index (κ1) is 16.5. The van der Waals surface area contributed by atoms with Gasteiger partial charge in [0.2, 0.25) is 0 Å². The van der Waals surface area contributed by atoms with Gasteiger partial charge in [-0.15, -0.1) is 0 Å². The Balaban J connectivity index is 2.25. The SMILES string of the molecule is CCCn1cc(C(NCC)C2(OCC)CCOCC2)cn1. The van der Waals surface area contributed by atoms with Crippen molar-refractivity contribution >= 4 is 0 Å². The van der Waals surface area contributed by atoms with Gasteiger partial charge in [0.25, 0.3) is 0 Å². The molecule has 1 aromatic rings. The molecule has 1 unspecified atom stereocenters. The number of aryl methyl sites for hydroxylation is 1. The van der Waals surface area contributed by atoms with E-state index < -0.39 is 0 Å². The maximum absolute atomic E-state index is 6.23. The molecule has 5 nitrogen and oxygen atoms in total. The molecule has 0 spiro atoms. The van der Waals surface area contributed by atoms with Gasteiger partial charge in [0.05, 0.1) is 17.8 Å². The van der Waals surface area contributed by atoms with Gasteiger partial charge in [0.15, 0.2) is 0 Å². The Morgan fingerprint density at radius 1 is 1.38 bits per heavy atom. The van der Waals surface area contributed by atoms with Crippen LogP contribution in [-0.2, 0) is 16.0 Å². The average Bonchev–Trinajstić information content (AvgIpc) is 2.94. The highest BCUT2D eigenvalue weighted by Crippen LogP contribution is 2.37. The third-order valence-electron chi connectivity index (χ3n) is 4.14. The summed E-state index contributed by atoms with van der Waals surface area (Å²) >= 11 is 0. The molecule has 0 aliphatic carbocycles. The zero-order chi connectivity index (χ0) is 15.1. The number of nitrogens with zero attached hydrogens (tertiary/aromatic N) is 2. The van der Waals surface area contributed by atoms with Gasteiger partial charge in [-0.3, -0.25) is 4.68 Å². The first-order chi connectivity index (χ1) is 10.3. The largest absolute Gasteiger partial charge is 0.381 e. The summed E-state index contributed by atoms with van der Waals surface area (Å²) in [6.45, 7) is 10.5. The normalized spacial score (nSPS) is 19.6. The van der Waals surface area contributed by atoms with Crippen LogP contribution >= 0.6 is 0 Å². The summed E-state index contributed by atoms with van der Waals surface area (Å²) in [5, 5.41) is 8.10. The summed E-state index contributed by atoms with van der Waals surface area (Å²) in [7, 11) is 0. The van der Waals surface area contributed by atoms with E-state index in [1.807, 2.05) is 10.9 Å². The molecular weight excluding hydrogens is 266 g/mol. The van der Waals surface area contributed by atoms with E-state index in [0.717, 1.165) is 52.2 Å². The summed E-state index contributed by atoms with van der Waals surface area (Å²) in [6.07, 6.45) is 7.10. The molecule has 1 saturated heterocycles. The number of likely N-dealkylation sites (N-methyl/N-ethyl adjacent to an activating group) is 1. The number of rotatable bonds is 8. The van der Waals surface area contributed by atoms with Crippen LogP contribution in [0.4, 0.5) is 0 Å². The fourth-order valence-electron chi connectivity index (χ4n) is 3.21. The number of hydrogen-bond donors (Lipinski definition) is 1. The Morgan fingerprint density at radius 2 is 2.14 bits per heavy atom. The molecule has 0 radical (unpaired) electrons. The van der Waals surface area contributed by atoms with Crippen LogP contribution in [0.3, 0.4) is 0 Å². The number of hydrogen-bond acceptors (Lipinski definition) is 4. The van der Waals surface area contributed by atoms with Gasteiger partial charge in [0.1, 0.15) is 0 Å². The van der Waals surface area contributed by atoms with Gasteiger partial charge in [-0.1, -0.05) is 13.8 Å². The topological polar surface area (TPSA) is 48.3 Å². The van der Waals surface area contributed by atoms with E-state index in [1.54, 1.807) is 0 Å². The molecule has 1 aromatic heterocycles. The van der Waals surface area contributed by atoms with Crippen molar-refractivity contribution in [2.24, 2.45) is 0 Å². The van der Waals surface area contributed by atoms with Crippen molar-refractivity contribution in [3.63, 3.8) is 0 Å². The first-order valence-corrected chi connectivity index (χ1v) is 8.23. The average molecular weight is 295 g/mol. The fourth-order valence-corrected chi connectivity index (χ4v) is 3.21. The second kappa shape index (κ2) is 7.92. The molecule has 0 bridgehead atoms. The summed E-state index contributed by atoms with van der Waals surface area (Å²) in [5.41, 5.74) is 1.05. The molecule has 0 aromatic carbocycles. The van der Waals surface area contributed by atoms with E-state index in [0.29, 0.717) is 0 Å². The first-order valence-electron chi connectivity index (χ1n) is 8.23. The lowest BCUT2D eigenvalue weighted by molar-refractivity contribution is -0.127. The van der Waals surface area contributed by atoms with E-state index in [2.05, 4.69) is 37.4 Å². The Hall–Kier alpha value is -0.910. The molecule has 1 aliphatic rings. The zero-order valence-corrected chi connectivity index (χ0v) is 13.6. The minimum absolute atomic E-state index is 0.177. The molecule has 21 heavy (non-hydrogen) atoms. The molecule has 5 heteroatoms. The lowest BCUT2D eigenvalue weighted by Gasteiger charge is -2.43. The predicted molar refractivity (Wildman–Crippen MR) is 83.3 cm³/mol.